The summed E-state index contributed by atoms with van der Waals surface area (Å²) in [5.74, 6) is -0.177. The Morgan fingerprint density at radius 2 is 1.70 bits per heavy atom. The zero-order chi connectivity index (χ0) is 18.5. The minimum atomic E-state index is -0.177. The molecule has 0 spiro atoms. The van der Waals surface area contributed by atoms with E-state index in [4.69, 9.17) is 0 Å². The van der Waals surface area contributed by atoms with E-state index in [-0.39, 0.29) is 5.91 Å². The van der Waals surface area contributed by atoms with Crippen LogP contribution in [0.5, 0.6) is 0 Å². The first-order valence-corrected chi connectivity index (χ1v) is 9.98. The maximum Gasteiger partial charge on any atom is 0.258 e. The third-order valence-electron chi connectivity index (χ3n) is 3.80. The van der Waals surface area contributed by atoms with Gasteiger partial charge in [-0.2, -0.15) is 0 Å². The van der Waals surface area contributed by atoms with Crippen molar-refractivity contribution in [3.8, 4) is 10.6 Å². The van der Waals surface area contributed by atoms with Crippen LogP contribution in [-0.2, 0) is 0 Å². The maximum atomic E-state index is 12.8. The molecule has 6 heteroatoms. The predicted octanol–water partition coefficient (Wildman–Crippen LogP) is 5.61. The first-order chi connectivity index (χ1) is 13.3. The molecule has 0 aliphatic carbocycles. The minimum absolute atomic E-state index is 0.177. The number of hydrogen-bond acceptors (Lipinski definition) is 5. The molecule has 0 saturated carbocycles. The highest BCUT2D eigenvalue weighted by Gasteiger charge is 2.14. The van der Waals surface area contributed by atoms with Gasteiger partial charge in [-0.05, 0) is 48.5 Å². The summed E-state index contributed by atoms with van der Waals surface area (Å²) < 4.78 is 0. The summed E-state index contributed by atoms with van der Waals surface area (Å²) in [5.41, 5.74) is 2.32. The molecule has 132 valence electrons. The Morgan fingerprint density at radius 3 is 2.44 bits per heavy atom. The first kappa shape index (κ1) is 17.5. The van der Waals surface area contributed by atoms with Gasteiger partial charge in [0, 0.05) is 33.9 Å². The monoisotopic (exact) mass is 389 g/mol. The van der Waals surface area contributed by atoms with Crippen molar-refractivity contribution in [1.82, 2.24) is 9.97 Å². The van der Waals surface area contributed by atoms with Gasteiger partial charge in [0.15, 0.2) is 0 Å². The van der Waals surface area contributed by atoms with E-state index in [1.165, 1.54) is 11.8 Å². The normalized spacial score (nSPS) is 10.5. The topological polar surface area (TPSA) is 54.9 Å². The van der Waals surface area contributed by atoms with E-state index in [9.17, 15) is 4.79 Å². The second-order valence-corrected chi connectivity index (χ2v) is 7.60. The average molecular weight is 390 g/mol. The number of amides is 1. The molecule has 0 aliphatic rings. The lowest BCUT2D eigenvalue weighted by Crippen LogP contribution is -2.13. The van der Waals surface area contributed by atoms with Crippen LogP contribution in [0.3, 0.4) is 0 Å². The summed E-state index contributed by atoms with van der Waals surface area (Å²) >= 11 is 3.06. The van der Waals surface area contributed by atoms with Crippen molar-refractivity contribution in [2.45, 2.75) is 9.92 Å². The molecule has 0 aliphatic heterocycles. The smallest absolute Gasteiger partial charge is 0.258 e. The highest BCUT2D eigenvalue weighted by molar-refractivity contribution is 7.99. The van der Waals surface area contributed by atoms with Gasteiger partial charge >= 0.3 is 0 Å². The van der Waals surface area contributed by atoms with Gasteiger partial charge < -0.3 is 5.32 Å². The Balaban J connectivity index is 1.52. The standard InChI is InChI=1S/C21H15N3OS2/c25-19(24-16-10-8-15(9-11-16)20-23-13-14-26-20)18-7-4-12-22-21(18)27-17-5-2-1-3-6-17/h1-14H,(H,24,25). The number of carbonyl (C=O) groups is 1. The lowest BCUT2D eigenvalue weighted by atomic mass is 10.2. The second kappa shape index (κ2) is 8.16. The maximum absolute atomic E-state index is 12.8. The van der Waals surface area contributed by atoms with E-state index in [1.807, 2.05) is 60.0 Å². The summed E-state index contributed by atoms with van der Waals surface area (Å²) in [5, 5.41) is 6.53. The molecule has 0 bridgehead atoms. The Hall–Kier alpha value is -2.96. The SMILES string of the molecule is O=C(Nc1ccc(-c2nccs2)cc1)c1cccnc1Sc1ccccc1. The predicted molar refractivity (Wildman–Crippen MR) is 110 cm³/mol. The van der Waals surface area contributed by atoms with E-state index >= 15 is 0 Å². The van der Waals surface area contributed by atoms with Gasteiger partial charge in [0.2, 0.25) is 0 Å². The third kappa shape index (κ3) is 4.24. The van der Waals surface area contributed by atoms with Crippen molar-refractivity contribution < 1.29 is 4.79 Å². The Labute approximate surface area is 165 Å². The molecule has 2 aromatic heterocycles. The second-order valence-electron chi connectivity index (χ2n) is 5.64. The fraction of sp³-hybridized carbons (Fsp3) is 0. The number of rotatable bonds is 5. The van der Waals surface area contributed by atoms with Crippen LogP contribution in [0, 0.1) is 0 Å². The van der Waals surface area contributed by atoms with Gasteiger partial charge in [-0.15, -0.1) is 11.3 Å². The quantitative estimate of drug-likeness (QED) is 0.482. The molecule has 0 saturated heterocycles. The molecule has 0 fully saturated rings. The molecule has 2 heterocycles. The average Bonchev–Trinajstić information content (AvgIpc) is 3.25. The summed E-state index contributed by atoms with van der Waals surface area (Å²) in [6.07, 6.45) is 3.48. The van der Waals surface area contributed by atoms with Crippen molar-refractivity contribution in [2.75, 3.05) is 5.32 Å². The van der Waals surface area contributed by atoms with Crippen molar-refractivity contribution in [1.29, 1.82) is 0 Å². The minimum Gasteiger partial charge on any atom is -0.322 e. The number of pyridine rings is 1. The number of benzene rings is 2. The fourth-order valence-electron chi connectivity index (χ4n) is 2.51. The summed E-state index contributed by atoms with van der Waals surface area (Å²) in [7, 11) is 0. The van der Waals surface area contributed by atoms with E-state index in [1.54, 1.807) is 35.9 Å². The molecule has 0 radical (unpaired) electrons. The van der Waals surface area contributed by atoms with Crippen molar-refractivity contribution in [3.63, 3.8) is 0 Å². The van der Waals surface area contributed by atoms with E-state index in [0.717, 1.165) is 21.2 Å². The van der Waals surface area contributed by atoms with Crippen LogP contribution in [0.1, 0.15) is 10.4 Å². The number of hydrogen-bond donors (Lipinski definition) is 1. The highest BCUT2D eigenvalue weighted by atomic mass is 32.2. The van der Waals surface area contributed by atoms with Crippen LogP contribution in [-0.4, -0.2) is 15.9 Å². The van der Waals surface area contributed by atoms with Crippen LogP contribution in [0.2, 0.25) is 0 Å². The summed E-state index contributed by atoms with van der Waals surface area (Å²) in [4.78, 5) is 22.5. The molecule has 1 N–H and O–H groups in total. The van der Waals surface area contributed by atoms with E-state index < -0.39 is 0 Å². The van der Waals surface area contributed by atoms with Gasteiger partial charge in [-0.1, -0.05) is 30.0 Å². The van der Waals surface area contributed by atoms with Gasteiger partial charge in [-0.3, -0.25) is 4.79 Å². The summed E-state index contributed by atoms with van der Waals surface area (Å²) in [6.45, 7) is 0. The zero-order valence-electron chi connectivity index (χ0n) is 14.2. The molecular formula is C21H15N3OS2. The molecule has 0 unspecified atom stereocenters. The van der Waals surface area contributed by atoms with Gasteiger partial charge in [0.25, 0.3) is 5.91 Å². The molecule has 0 atom stereocenters. The number of thiazole rings is 1. The largest absolute Gasteiger partial charge is 0.322 e. The van der Waals surface area contributed by atoms with Gasteiger partial charge in [-0.25, -0.2) is 9.97 Å². The van der Waals surface area contributed by atoms with Gasteiger partial charge in [0.1, 0.15) is 10.0 Å². The molecular weight excluding hydrogens is 374 g/mol. The Morgan fingerprint density at radius 1 is 0.889 bits per heavy atom. The number of nitrogens with zero attached hydrogens (tertiary/aromatic N) is 2. The zero-order valence-corrected chi connectivity index (χ0v) is 15.8. The van der Waals surface area contributed by atoms with E-state index in [0.29, 0.717) is 10.6 Å². The highest BCUT2D eigenvalue weighted by Crippen LogP contribution is 2.29. The van der Waals surface area contributed by atoms with Crippen LogP contribution < -0.4 is 5.32 Å². The lowest BCUT2D eigenvalue weighted by molar-refractivity contribution is 0.102. The van der Waals surface area contributed by atoms with Crippen molar-refractivity contribution in [2.24, 2.45) is 0 Å². The van der Waals surface area contributed by atoms with Crippen LogP contribution in [0.25, 0.3) is 10.6 Å². The number of nitrogens with one attached hydrogen (secondary N) is 1. The molecule has 4 aromatic rings. The third-order valence-corrected chi connectivity index (χ3v) is 5.64. The van der Waals surface area contributed by atoms with Gasteiger partial charge in [0.05, 0.1) is 5.56 Å². The fourth-order valence-corrected chi connectivity index (χ4v) is 4.05. The van der Waals surface area contributed by atoms with Crippen molar-refractivity contribution in [3.05, 3.63) is 90.1 Å². The molecule has 27 heavy (non-hydrogen) atoms. The molecule has 4 rings (SSSR count). The number of anilines is 1. The van der Waals surface area contributed by atoms with Crippen LogP contribution >= 0.6 is 23.1 Å². The van der Waals surface area contributed by atoms with Crippen LogP contribution in [0.4, 0.5) is 5.69 Å². The van der Waals surface area contributed by atoms with Crippen LogP contribution in [0.15, 0.2) is 94.4 Å². The summed E-state index contributed by atoms with van der Waals surface area (Å²) in [6, 6.07) is 21.1. The molecule has 2 aromatic carbocycles. The Bertz CT molecular complexity index is 1030. The number of carbonyl (C=O) groups excluding carboxylic acids is 1. The number of aromatic nitrogens is 2. The Kier molecular flexibility index (Phi) is 5.27. The lowest BCUT2D eigenvalue weighted by Gasteiger charge is -2.09. The molecule has 4 nitrogen and oxygen atoms in total. The first-order valence-electron chi connectivity index (χ1n) is 8.29. The van der Waals surface area contributed by atoms with Crippen molar-refractivity contribution >= 4 is 34.7 Å². The molecule has 1 amide bonds. The van der Waals surface area contributed by atoms with E-state index in [2.05, 4.69) is 15.3 Å².